The van der Waals surface area contributed by atoms with Gasteiger partial charge in [0.15, 0.2) is 5.96 Å². The fourth-order valence-corrected chi connectivity index (χ4v) is 4.69. The molecule has 0 saturated carbocycles. The Bertz CT molecular complexity index is 604. The molecule has 180 valence electrons. The first-order valence-corrected chi connectivity index (χ1v) is 11.6. The fourth-order valence-electron chi connectivity index (χ4n) is 4.69. The highest BCUT2D eigenvalue weighted by atomic mass is 127. The van der Waals surface area contributed by atoms with E-state index in [1.807, 2.05) is 27.8 Å². The number of halogens is 1. The summed E-state index contributed by atoms with van der Waals surface area (Å²) >= 11 is 0. The Morgan fingerprint density at radius 2 is 1.71 bits per heavy atom. The highest BCUT2D eigenvalue weighted by molar-refractivity contribution is 14.0. The van der Waals surface area contributed by atoms with Gasteiger partial charge < -0.3 is 25.2 Å². The fraction of sp³-hybridized carbons (Fsp3) is 0.909. The molecule has 3 aliphatic heterocycles. The maximum Gasteiger partial charge on any atom is 0.410 e. The Hall–Kier alpha value is -0.810. The minimum absolute atomic E-state index is 0. The molecule has 31 heavy (non-hydrogen) atoms. The lowest BCUT2D eigenvalue weighted by Gasteiger charge is -2.50. The predicted molar refractivity (Wildman–Crippen MR) is 136 cm³/mol. The number of carbonyl (C=O) groups is 1. The summed E-state index contributed by atoms with van der Waals surface area (Å²) in [6.45, 7) is 12.6. The number of likely N-dealkylation sites (tertiary alicyclic amines) is 3. The van der Waals surface area contributed by atoms with Crippen LogP contribution in [0.2, 0.25) is 0 Å². The van der Waals surface area contributed by atoms with Crippen molar-refractivity contribution >= 4 is 36.0 Å². The maximum absolute atomic E-state index is 12.1. The van der Waals surface area contributed by atoms with Crippen LogP contribution >= 0.6 is 24.0 Å². The minimum Gasteiger partial charge on any atom is -0.444 e. The third-order valence-corrected chi connectivity index (χ3v) is 6.63. The number of rotatable bonds is 4. The number of ether oxygens (including phenoxy) is 1. The molecule has 3 heterocycles. The maximum atomic E-state index is 12.1. The van der Waals surface area contributed by atoms with E-state index >= 15 is 0 Å². The second kappa shape index (κ2) is 11.4. The van der Waals surface area contributed by atoms with Gasteiger partial charge in [-0.05, 0) is 79.7 Å². The van der Waals surface area contributed by atoms with Gasteiger partial charge in [-0.3, -0.25) is 9.89 Å². The van der Waals surface area contributed by atoms with Crippen molar-refractivity contribution in [2.45, 2.75) is 70.1 Å². The van der Waals surface area contributed by atoms with Crippen LogP contribution in [0.15, 0.2) is 4.99 Å². The summed E-state index contributed by atoms with van der Waals surface area (Å²) < 4.78 is 5.44. The molecule has 0 radical (unpaired) electrons. The molecular formula is C22H43IN6O2. The van der Waals surface area contributed by atoms with Crippen LogP contribution in [0.3, 0.4) is 0 Å². The lowest BCUT2D eigenvalue weighted by atomic mass is 9.84. The van der Waals surface area contributed by atoms with Crippen molar-refractivity contribution in [2.24, 2.45) is 4.99 Å². The van der Waals surface area contributed by atoms with Crippen LogP contribution in [0, 0.1) is 0 Å². The number of amides is 1. The van der Waals surface area contributed by atoms with Gasteiger partial charge in [0.25, 0.3) is 0 Å². The van der Waals surface area contributed by atoms with Crippen LogP contribution in [0.4, 0.5) is 4.79 Å². The number of hydrogen-bond donors (Lipinski definition) is 2. The van der Waals surface area contributed by atoms with Crippen LogP contribution in [-0.2, 0) is 4.74 Å². The van der Waals surface area contributed by atoms with Gasteiger partial charge in [0.2, 0.25) is 0 Å². The highest BCUT2D eigenvalue weighted by Gasteiger charge is 2.40. The van der Waals surface area contributed by atoms with Crippen molar-refractivity contribution in [2.75, 3.05) is 59.9 Å². The Labute approximate surface area is 205 Å². The highest BCUT2D eigenvalue weighted by Crippen LogP contribution is 2.30. The predicted octanol–water partition coefficient (Wildman–Crippen LogP) is 2.34. The molecule has 0 atom stereocenters. The van der Waals surface area contributed by atoms with Crippen molar-refractivity contribution in [3.63, 3.8) is 0 Å². The van der Waals surface area contributed by atoms with E-state index in [0.29, 0.717) is 13.1 Å². The summed E-state index contributed by atoms with van der Waals surface area (Å²) in [5.41, 5.74) is -0.239. The average Bonchev–Trinajstić information content (AvgIpc) is 2.67. The van der Waals surface area contributed by atoms with E-state index in [2.05, 4.69) is 32.5 Å². The van der Waals surface area contributed by atoms with Crippen molar-refractivity contribution in [3.8, 4) is 0 Å². The van der Waals surface area contributed by atoms with Gasteiger partial charge >= 0.3 is 6.09 Å². The van der Waals surface area contributed by atoms with Gasteiger partial charge in [-0.2, -0.15) is 0 Å². The monoisotopic (exact) mass is 550 g/mol. The molecule has 0 aliphatic carbocycles. The molecule has 0 aromatic rings. The molecule has 3 saturated heterocycles. The molecule has 0 unspecified atom stereocenters. The van der Waals surface area contributed by atoms with E-state index in [1.165, 1.54) is 45.2 Å². The Balaban J connectivity index is 0.00000341. The first-order valence-electron chi connectivity index (χ1n) is 11.6. The zero-order valence-electron chi connectivity index (χ0n) is 20.1. The number of nitrogens with one attached hydrogen (secondary N) is 2. The van der Waals surface area contributed by atoms with Gasteiger partial charge in [-0.1, -0.05) is 6.42 Å². The normalized spacial score (nSPS) is 23.5. The minimum atomic E-state index is -0.454. The van der Waals surface area contributed by atoms with Gasteiger partial charge in [0, 0.05) is 32.2 Å². The van der Waals surface area contributed by atoms with Crippen molar-refractivity contribution in [1.29, 1.82) is 0 Å². The second-order valence-corrected chi connectivity index (χ2v) is 10.2. The van der Waals surface area contributed by atoms with E-state index in [-0.39, 0.29) is 41.7 Å². The largest absolute Gasteiger partial charge is 0.444 e. The number of hydrogen-bond acceptors (Lipinski definition) is 5. The van der Waals surface area contributed by atoms with Gasteiger partial charge in [0.05, 0.1) is 6.04 Å². The first-order chi connectivity index (χ1) is 14.2. The lowest BCUT2D eigenvalue weighted by molar-refractivity contribution is 0.00674. The van der Waals surface area contributed by atoms with Crippen LogP contribution in [-0.4, -0.2) is 104 Å². The van der Waals surface area contributed by atoms with Gasteiger partial charge in [0.1, 0.15) is 5.60 Å². The van der Waals surface area contributed by atoms with Crippen LogP contribution in [0.5, 0.6) is 0 Å². The molecule has 3 rings (SSSR count). The third kappa shape index (κ3) is 7.35. The molecule has 0 aromatic carbocycles. The Morgan fingerprint density at radius 3 is 2.26 bits per heavy atom. The summed E-state index contributed by atoms with van der Waals surface area (Å²) in [5.74, 6) is 0.833. The number of piperidine rings is 2. The van der Waals surface area contributed by atoms with Crippen molar-refractivity contribution in [3.05, 3.63) is 0 Å². The number of guanidine groups is 1. The molecule has 2 N–H and O–H groups in total. The topological polar surface area (TPSA) is 72.4 Å². The summed E-state index contributed by atoms with van der Waals surface area (Å²) in [6, 6.07) is 0.215. The molecule has 0 spiro atoms. The standard InChI is InChI=1S/C22H42N6O2.HI/c1-21(2,3)30-20(29)27-15-18(16-27)25-19(23-4)24-17-22(9-13-26(5)14-10-22)28-11-7-6-8-12-28;/h18H,6-17H2,1-5H3,(H2,23,24,25);1H. The zero-order chi connectivity index (χ0) is 21.8. The number of aliphatic imine (C=N–C) groups is 1. The summed E-state index contributed by atoms with van der Waals surface area (Å²) in [4.78, 5) is 23.5. The van der Waals surface area contributed by atoms with E-state index in [1.54, 1.807) is 4.90 Å². The van der Waals surface area contributed by atoms with Crippen LogP contribution < -0.4 is 10.6 Å². The molecule has 3 aliphatic rings. The van der Waals surface area contributed by atoms with E-state index < -0.39 is 5.60 Å². The van der Waals surface area contributed by atoms with Gasteiger partial charge in [-0.25, -0.2) is 4.79 Å². The van der Waals surface area contributed by atoms with Crippen LogP contribution in [0.25, 0.3) is 0 Å². The zero-order valence-corrected chi connectivity index (χ0v) is 22.4. The summed E-state index contributed by atoms with van der Waals surface area (Å²) in [5, 5.41) is 7.10. The van der Waals surface area contributed by atoms with Gasteiger partial charge in [-0.15, -0.1) is 24.0 Å². The number of nitrogens with zero attached hydrogens (tertiary/aromatic N) is 4. The third-order valence-electron chi connectivity index (χ3n) is 6.63. The molecule has 0 bridgehead atoms. The average molecular weight is 551 g/mol. The molecule has 1 amide bonds. The van der Waals surface area contributed by atoms with E-state index in [4.69, 9.17) is 4.74 Å². The molecule has 3 fully saturated rings. The summed E-state index contributed by atoms with van der Waals surface area (Å²) in [7, 11) is 4.04. The summed E-state index contributed by atoms with van der Waals surface area (Å²) in [6.07, 6.45) is 6.14. The van der Waals surface area contributed by atoms with E-state index in [9.17, 15) is 4.79 Å². The van der Waals surface area contributed by atoms with Crippen molar-refractivity contribution < 1.29 is 9.53 Å². The van der Waals surface area contributed by atoms with Crippen molar-refractivity contribution in [1.82, 2.24) is 25.3 Å². The Morgan fingerprint density at radius 1 is 1.10 bits per heavy atom. The molecular weight excluding hydrogens is 507 g/mol. The van der Waals surface area contributed by atoms with E-state index in [0.717, 1.165) is 25.6 Å². The quantitative estimate of drug-likeness (QED) is 0.318. The van der Waals surface area contributed by atoms with Crippen LogP contribution in [0.1, 0.15) is 52.9 Å². The Kier molecular flexibility index (Phi) is 9.69. The lowest BCUT2D eigenvalue weighted by Crippen LogP contribution is -2.65. The smallest absolute Gasteiger partial charge is 0.410 e. The second-order valence-electron chi connectivity index (χ2n) is 10.2. The molecule has 0 aromatic heterocycles. The molecule has 8 nitrogen and oxygen atoms in total. The SMILES string of the molecule is CN=C(NCC1(N2CCCCC2)CCN(C)CC1)NC1CN(C(=O)OC(C)(C)C)C1.I. The number of carbonyl (C=O) groups excluding carboxylic acids is 1. The first kappa shape index (κ1) is 26.4. The molecule has 9 heteroatoms.